The Morgan fingerprint density at radius 3 is 1.30 bits per heavy atom. The van der Waals surface area contributed by atoms with Crippen molar-refractivity contribution in [3.8, 4) is 0 Å². The van der Waals surface area contributed by atoms with Crippen molar-refractivity contribution in [2.24, 2.45) is 5.92 Å². The summed E-state index contributed by atoms with van der Waals surface area (Å²) in [4.78, 5) is 13.2. The van der Waals surface area contributed by atoms with Crippen LogP contribution in [0.15, 0.2) is 53.4 Å². The maximum absolute atomic E-state index is 14.4. The molecule has 0 aliphatic heterocycles. The van der Waals surface area contributed by atoms with Gasteiger partial charge in [0, 0.05) is 17.1 Å². The second kappa shape index (κ2) is 15.8. The van der Waals surface area contributed by atoms with Crippen molar-refractivity contribution in [2.75, 3.05) is 5.75 Å². The second-order valence-electron chi connectivity index (χ2n) is 13.7. The van der Waals surface area contributed by atoms with E-state index in [4.69, 9.17) is 4.74 Å². The number of hydrogen-bond donors (Lipinski definition) is 0. The van der Waals surface area contributed by atoms with Crippen molar-refractivity contribution < 1.29 is 102 Å². The lowest BCUT2D eigenvalue weighted by molar-refractivity contribution is -0.474. The van der Waals surface area contributed by atoms with Crippen LogP contribution in [0.25, 0.3) is 0 Å². The number of benzene rings is 2. The van der Waals surface area contributed by atoms with Crippen molar-refractivity contribution in [3.63, 3.8) is 0 Å². The Kier molecular flexibility index (Phi) is 13.8. The van der Waals surface area contributed by atoms with Gasteiger partial charge in [-0.25, -0.2) is 0 Å². The minimum absolute atomic E-state index is 0.100. The van der Waals surface area contributed by atoms with Crippen LogP contribution >= 0.6 is 11.8 Å². The molecule has 0 aromatic heterocycles. The fraction of sp³-hybridized carbons (Fsp3) is 0.606. The third-order valence-corrected chi connectivity index (χ3v) is 9.60. The highest BCUT2D eigenvalue weighted by Gasteiger charge is 2.97. The Bertz CT molecular complexity index is 1680. The maximum atomic E-state index is 14.4. The van der Waals surface area contributed by atoms with E-state index in [9.17, 15) is 97.0 Å². The number of carbonyl (C=O) groups is 1. The SMILES string of the molecule is CC(CSc1ccc(C(C)(C)C)cc1)C(=O)OCc1ccc(CCC(F)(F)C(F)(F)C(F)(F)C(F)(F)C(F)(F)C(F)(F)C(F)(F)C(F)(F)C(F)(F)C(F)(F)F)cc1. The van der Waals surface area contributed by atoms with E-state index >= 15 is 0 Å². The lowest BCUT2D eigenvalue weighted by Crippen LogP contribution is -2.76. The van der Waals surface area contributed by atoms with E-state index in [1.54, 1.807) is 0 Å². The van der Waals surface area contributed by atoms with Gasteiger partial charge in [0.05, 0.1) is 5.92 Å². The average Bonchev–Trinajstić information content (AvgIpc) is 3.07. The molecule has 2 nitrogen and oxygen atoms in total. The smallest absolute Gasteiger partial charge is 0.460 e. The predicted octanol–water partition coefficient (Wildman–Crippen LogP) is 12.7. The first-order valence-corrected chi connectivity index (χ1v) is 16.6. The Morgan fingerprint density at radius 1 is 0.544 bits per heavy atom. The van der Waals surface area contributed by atoms with Gasteiger partial charge in [-0.3, -0.25) is 4.79 Å². The summed E-state index contributed by atoms with van der Waals surface area (Å²) in [6.45, 7) is 7.09. The molecule has 24 heteroatoms. The molecule has 0 fully saturated rings. The Hall–Kier alpha value is -3.21. The molecule has 0 saturated heterocycles. The van der Waals surface area contributed by atoms with Gasteiger partial charge in [0.1, 0.15) is 6.61 Å². The molecular formula is C33H29F21O2S. The number of halogens is 21. The van der Waals surface area contributed by atoms with Gasteiger partial charge in [0.25, 0.3) is 0 Å². The Balaban J connectivity index is 2.17. The number of thioether (sulfide) groups is 1. The van der Waals surface area contributed by atoms with E-state index in [1.165, 1.54) is 18.7 Å². The van der Waals surface area contributed by atoms with Crippen LogP contribution in [0.3, 0.4) is 0 Å². The molecule has 0 aliphatic carbocycles. The van der Waals surface area contributed by atoms with E-state index in [1.807, 2.05) is 45.0 Å². The molecule has 326 valence electrons. The molecule has 0 spiro atoms. The molecule has 0 heterocycles. The van der Waals surface area contributed by atoms with Crippen LogP contribution in [0.1, 0.15) is 50.8 Å². The summed E-state index contributed by atoms with van der Waals surface area (Å²) in [6.07, 6.45) is -12.3. The van der Waals surface area contributed by atoms with E-state index < -0.39 is 96.4 Å². The fourth-order valence-electron chi connectivity index (χ4n) is 4.49. The minimum atomic E-state index is -9.21. The van der Waals surface area contributed by atoms with Crippen molar-refractivity contribution in [2.45, 2.75) is 117 Å². The lowest BCUT2D eigenvalue weighted by atomic mass is 9.85. The molecule has 1 unspecified atom stereocenters. The molecular weight excluding hydrogens is 859 g/mol. The van der Waals surface area contributed by atoms with Crippen LogP contribution in [0.2, 0.25) is 0 Å². The van der Waals surface area contributed by atoms with E-state index in [0.717, 1.165) is 34.7 Å². The lowest BCUT2D eigenvalue weighted by Gasteiger charge is -2.44. The second-order valence-corrected chi connectivity index (χ2v) is 14.8. The summed E-state index contributed by atoms with van der Waals surface area (Å²) >= 11 is 1.33. The number of hydrogen-bond acceptors (Lipinski definition) is 3. The third-order valence-electron chi connectivity index (χ3n) is 8.33. The molecule has 0 amide bonds. The molecule has 2 aromatic rings. The van der Waals surface area contributed by atoms with Gasteiger partial charge in [-0.05, 0) is 40.7 Å². The van der Waals surface area contributed by atoms with Gasteiger partial charge in [-0.15, -0.1) is 11.8 Å². The highest BCUT2D eigenvalue weighted by atomic mass is 32.2. The van der Waals surface area contributed by atoms with Gasteiger partial charge in [0.2, 0.25) is 0 Å². The monoisotopic (exact) mass is 888 g/mol. The quantitative estimate of drug-likeness (QED) is 0.0899. The highest BCUT2D eigenvalue weighted by molar-refractivity contribution is 7.99. The first kappa shape index (κ1) is 49.9. The van der Waals surface area contributed by atoms with Crippen molar-refractivity contribution in [3.05, 3.63) is 65.2 Å². The van der Waals surface area contributed by atoms with Gasteiger partial charge in [-0.1, -0.05) is 64.1 Å². The zero-order valence-corrected chi connectivity index (χ0v) is 30.0. The molecule has 0 N–H and O–H groups in total. The van der Waals surface area contributed by atoms with Crippen LogP contribution in [-0.4, -0.2) is 71.2 Å². The van der Waals surface area contributed by atoms with Crippen LogP contribution < -0.4 is 0 Å². The first-order chi connectivity index (χ1) is 25.2. The number of alkyl halides is 21. The summed E-state index contributed by atoms with van der Waals surface area (Å²) in [6, 6.07) is 11.1. The standard InChI is InChI=1S/C33H29F21O2S/c1-17(16-57-21-11-9-20(10-12-21)23(2,3)4)22(55)56-15-19-7-5-18(6-8-19)13-14-24(34,35)25(36,37)26(38,39)27(40,41)28(42,43)29(44,45)30(46,47)31(48,49)32(50,51)33(52,53)54/h5-12,17H,13-16H2,1-4H3. The normalized spacial score (nSPS) is 15.5. The first-order valence-electron chi connectivity index (χ1n) is 15.6. The van der Waals surface area contributed by atoms with Crippen LogP contribution in [-0.2, 0) is 28.0 Å². The number of ether oxygens (including phenoxy) is 1. The topological polar surface area (TPSA) is 26.3 Å². The van der Waals surface area contributed by atoms with Crippen molar-refractivity contribution >= 4 is 17.7 Å². The van der Waals surface area contributed by atoms with E-state index in [-0.39, 0.29) is 16.7 Å². The number of aryl methyl sites for hydroxylation is 1. The average molecular weight is 889 g/mol. The van der Waals surface area contributed by atoms with Crippen molar-refractivity contribution in [1.82, 2.24) is 0 Å². The van der Waals surface area contributed by atoms with Gasteiger partial charge < -0.3 is 4.74 Å². The largest absolute Gasteiger partial charge is 0.461 e. The minimum Gasteiger partial charge on any atom is -0.461 e. The van der Waals surface area contributed by atoms with Crippen LogP contribution in [0.5, 0.6) is 0 Å². The molecule has 2 rings (SSSR count). The van der Waals surface area contributed by atoms with Gasteiger partial charge in [0.15, 0.2) is 0 Å². The zero-order valence-electron chi connectivity index (χ0n) is 29.2. The maximum Gasteiger partial charge on any atom is 0.460 e. The van der Waals surface area contributed by atoms with Gasteiger partial charge in [-0.2, -0.15) is 92.2 Å². The predicted molar refractivity (Wildman–Crippen MR) is 160 cm³/mol. The Labute approximate surface area is 313 Å². The summed E-state index contributed by atoms with van der Waals surface area (Å²) < 4.78 is 291. The summed E-state index contributed by atoms with van der Waals surface area (Å²) in [5, 5.41) is 0. The van der Waals surface area contributed by atoms with E-state index in [0.29, 0.717) is 0 Å². The number of esters is 1. The molecule has 57 heavy (non-hydrogen) atoms. The fourth-order valence-corrected chi connectivity index (χ4v) is 5.40. The highest BCUT2D eigenvalue weighted by Crippen LogP contribution is 2.66. The molecule has 0 radical (unpaired) electrons. The van der Waals surface area contributed by atoms with E-state index in [2.05, 4.69) is 0 Å². The molecule has 0 saturated carbocycles. The summed E-state index contributed by atoms with van der Waals surface area (Å²) in [7, 11) is 0. The van der Waals surface area contributed by atoms with Gasteiger partial charge >= 0.3 is 65.4 Å². The zero-order chi connectivity index (χ0) is 44.9. The van der Waals surface area contributed by atoms with Crippen LogP contribution in [0.4, 0.5) is 92.2 Å². The van der Waals surface area contributed by atoms with Crippen LogP contribution in [0, 0.1) is 5.92 Å². The summed E-state index contributed by atoms with van der Waals surface area (Å²) in [5.41, 5.74) is 0.539. The third kappa shape index (κ3) is 8.89. The molecule has 0 bridgehead atoms. The molecule has 1 atom stereocenters. The number of rotatable bonds is 17. The van der Waals surface area contributed by atoms with Crippen molar-refractivity contribution in [1.29, 1.82) is 0 Å². The number of carbonyl (C=O) groups excluding carboxylic acids is 1. The summed E-state index contributed by atoms with van der Waals surface area (Å²) in [5.74, 6) is -78.3. The molecule has 2 aromatic carbocycles. The Morgan fingerprint density at radius 2 is 0.912 bits per heavy atom. The molecule has 0 aliphatic rings.